The number of fused-ring (bicyclic) bond motifs is 1. The molecule has 98 valence electrons. The van der Waals surface area contributed by atoms with Crippen LogP contribution >= 0.6 is 0 Å². The van der Waals surface area contributed by atoms with Gasteiger partial charge in [-0.25, -0.2) is 4.98 Å². The van der Waals surface area contributed by atoms with Gasteiger partial charge in [-0.2, -0.15) is 0 Å². The van der Waals surface area contributed by atoms with Crippen LogP contribution in [0.4, 0.5) is 5.69 Å². The topological polar surface area (TPSA) is 57.4 Å². The summed E-state index contributed by atoms with van der Waals surface area (Å²) in [6.07, 6.45) is 1.79. The van der Waals surface area contributed by atoms with Crippen LogP contribution in [0.2, 0.25) is 0 Å². The van der Waals surface area contributed by atoms with Crippen LogP contribution in [0.1, 0.15) is 25.3 Å². The predicted octanol–water partition coefficient (Wildman–Crippen LogP) is 3.34. The first-order chi connectivity index (χ1) is 9.13. The van der Waals surface area contributed by atoms with Crippen molar-refractivity contribution in [2.75, 3.05) is 5.73 Å². The number of ether oxygens (including phenoxy) is 2. The normalized spacial score (nSPS) is 20.7. The van der Waals surface area contributed by atoms with Crippen LogP contribution in [0, 0.1) is 0 Å². The molecule has 4 nitrogen and oxygen atoms in total. The molecule has 1 aromatic heterocycles. The molecule has 0 saturated heterocycles. The third kappa shape index (κ3) is 2.21. The van der Waals surface area contributed by atoms with Gasteiger partial charge < -0.3 is 15.2 Å². The number of benzene rings is 1. The molecule has 1 aliphatic heterocycles. The van der Waals surface area contributed by atoms with E-state index >= 15 is 0 Å². The second-order valence-corrected chi connectivity index (χ2v) is 4.84. The Hall–Kier alpha value is -2.23. The van der Waals surface area contributed by atoms with Crippen LogP contribution in [-0.4, -0.2) is 11.1 Å². The lowest BCUT2D eigenvalue weighted by atomic mass is 9.98. The molecule has 1 aliphatic rings. The summed E-state index contributed by atoms with van der Waals surface area (Å²) >= 11 is 0. The van der Waals surface area contributed by atoms with E-state index in [1.807, 2.05) is 18.2 Å². The van der Waals surface area contributed by atoms with E-state index in [0.717, 1.165) is 11.5 Å². The third-order valence-corrected chi connectivity index (χ3v) is 3.47. The Balaban J connectivity index is 1.85. The van der Waals surface area contributed by atoms with Crippen LogP contribution < -0.4 is 15.2 Å². The Morgan fingerprint density at radius 2 is 2.05 bits per heavy atom. The molecule has 3 rings (SSSR count). The molecule has 0 radical (unpaired) electrons. The van der Waals surface area contributed by atoms with E-state index < -0.39 is 0 Å². The highest BCUT2D eigenvalue weighted by molar-refractivity contribution is 5.46. The lowest BCUT2D eigenvalue weighted by molar-refractivity contribution is 0.232. The molecule has 19 heavy (non-hydrogen) atoms. The number of rotatable bonds is 2. The zero-order chi connectivity index (χ0) is 13.4. The lowest BCUT2D eigenvalue weighted by Gasteiger charge is -2.08. The largest absolute Gasteiger partial charge is 0.490 e. The first-order valence-corrected chi connectivity index (χ1v) is 6.33. The number of nitrogens with two attached hydrogens (primary N) is 1. The fraction of sp³-hybridized carbons (Fsp3) is 0.267. The van der Waals surface area contributed by atoms with Crippen LogP contribution in [0.25, 0.3) is 0 Å². The van der Waals surface area contributed by atoms with Gasteiger partial charge in [0.05, 0.1) is 11.9 Å². The average molecular weight is 256 g/mol. The minimum Gasteiger partial charge on any atom is -0.490 e. The number of pyridine rings is 1. The molecule has 0 amide bonds. The summed E-state index contributed by atoms with van der Waals surface area (Å²) in [6, 6.07) is 9.37. The number of aromatic nitrogens is 1. The van der Waals surface area contributed by atoms with Crippen molar-refractivity contribution in [1.82, 2.24) is 4.98 Å². The standard InChI is InChI=1S/C15H16N2O2/c1-9-10(2)18-14-5-4-12(7-13(9)14)19-15-6-3-11(16)8-17-15/h3-10H,16H2,1-2H3. The lowest BCUT2D eigenvalue weighted by Crippen LogP contribution is -2.10. The van der Waals surface area contributed by atoms with E-state index in [9.17, 15) is 0 Å². The summed E-state index contributed by atoms with van der Waals surface area (Å²) in [5.74, 6) is 2.62. The van der Waals surface area contributed by atoms with Gasteiger partial charge in [-0.05, 0) is 31.2 Å². The number of hydrogen-bond donors (Lipinski definition) is 1. The van der Waals surface area contributed by atoms with E-state index in [1.54, 1.807) is 18.3 Å². The Morgan fingerprint density at radius 1 is 1.21 bits per heavy atom. The maximum absolute atomic E-state index is 5.75. The Labute approximate surface area is 112 Å². The molecular formula is C15H16N2O2. The molecule has 0 spiro atoms. The van der Waals surface area contributed by atoms with Gasteiger partial charge in [0, 0.05) is 17.5 Å². The molecule has 0 saturated carbocycles. The van der Waals surface area contributed by atoms with E-state index in [0.29, 0.717) is 17.5 Å². The SMILES string of the molecule is CC1Oc2ccc(Oc3ccc(N)cn3)cc2C1C. The molecular weight excluding hydrogens is 240 g/mol. The van der Waals surface area contributed by atoms with Crippen molar-refractivity contribution in [1.29, 1.82) is 0 Å². The molecule has 2 N–H and O–H groups in total. The molecule has 2 atom stereocenters. The van der Waals surface area contributed by atoms with Crippen molar-refractivity contribution >= 4 is 5.69 Å². The minimum absolute atomic E-state index is 0.208. The molecule has 2 heterocycles. The summed E-state index contributed by atoms with van der Waals surface area (Å²) in [7, 11) is 0. The van der Waals surface area contributed by atoms with Crippen molar-refractivity contribution in [2.45, 2.75) is 25.9 Å². The van der Waals surface area contributed by atoms with Gasteiger partial charge in [-0.1, -0.05) is 6.92 Å². The highest BCUT2D eigenvalue weighted by atomic mass is 16.5. The highest BCUT2D eigenvalue weighted by Gasteiger charge is 2.27. The van der Waals surface area contributed by atoms with Crippen molar-refractivity contribution in [3.05, 3.63) is 42.1 Å². The number of hydrogen-bond acceptors (Lipinski definition) is 4. The van der Waals surface area contributed by atoms with Gasteiger partial charge in [-0.15, -0.1) is 0 Å². The summed E-state index contributed by atoms with van der Waals surface area (Å²) in [5, 5.41) is 0. The van der Waals surface area contributed by atoms with Gasteiger partial charge >= 0.3 is 0 Å². The van der Waals surface area contributed by atoms with Crippen LogP contribution in [-0.2, 0) is 0 Å². The summed E-state index contributed by atoms with van der Waals surface area (Å²) in [5.41, 5.74) is 7.40. The predicted molar refractivity (Wildman–Crippen MR) is 73.7 cm³/mol. The summed E-state index contributed by atoms with van der Waals surface area (Å²) < 4.78 is 11.5. The van der Waals surface area contributed by atoms with E-state index in [4.69, 9.17) is 15.2 Å². The van der Waals surface area contributed by atoms with Crippen molar-refractivity contribution in [2.24, 2.45) is 0 Å². The second-order valence-electron chi connectivity index (χ2n) is 4.84. The van der Waals surface area contributed by atoms with E-state index in [2.05, 4.69) is 18.8 Å². The highest BCUT2D eigenvalue weighted by Crippen LogP contribution is 2.40. The average Bonchev–Trinajstić information content (AvgIpc) is 2.69. The first kappa shape index (κ1) is 11.8. The maximum atomic E-state index is 5.75. The second kappa shape index (κ2) is 4.46. The third-order valence-electron chi connectivity index (χ3n) is 3.47. The zero-order valence-electron chi connectivity index (χ0n) is 11.0. The maximum Gasteiger partial charge on any atom is 0.219 e. The fourth-order valence-corrected chi connectivity index (χ4v) is 2.18. The number of anilines is 1. The Kier molecular flexibility index (Phi) is 2.78. The van der Waals surface area contributed by atoms with Crippen molar-refractivity contribution in [3.8, 4) is 17.4 Å². The number of nitrogen functional groups attached to an aromatic ring is 1. The smallest absolute Gasteiger partial charge is 0.219 e. The molecule has 1 aromatic carbocycles. The molecule has 0 fully saturated rings. The van der Waals surface area contributed by atoms with Crippen LogP contribution in [0.15, 0.2) is 36.5 Å². The van der Waals surface area contributed by atoms with Gasteiger partial charge in [0.1, 0.15) is 17.6 Å². The van der Waals surface area contributed by atoms with E-state index in [-0.39, 0.29) is 6.10 Å². The minimum atomic E-state index is 0.208. The molecule has 0 aliphatic carbocycles. The number of nitrogens with zero attached hydrogens (tertiary/aromatic N) is 1. The molecule has 2 unspecified atom stereocenters. The van der Waals surface area contributed by atoms with Gasteiger partial charge in [-0.3, -0.25) is 0 Å². The fourth-order valence-electron chi connectivity index (χ4n) is 2.18. The molecule has 4 heteroatoms. The quantitative estimate of drug-likeness (QED) is 0.895. The Morgan fingerprint density at radius 3 is 2.79 bits per heavy atom. The first-order valence-electron chi connectivity index (χ1n) is 6.33. The van der Waals surface area contributed by atoms with Gasteiger partial charge in [0.2, 0.25) is 5.88 Å². The van der Waals surface area contributed by atoms with Crippen LogP contribution in [0.5, 0.6) is 17.4 Å². The van der Waals surface area contributed by atoms with Crippen LogP contribution in [0.3, 0.4) is 0 Å². The summed E-state index contributed by atoms with van der Waals surface area (Å²) in [4.78, 5) is 4.12. The van der Waals surface area contributed by atoms with Crippen molar-refractivity contribution in [3.63, 3.8) is 0 Å². The zero-order valence-corrected chi connectivity index (χ0v) is 11.0. The van der Waals surface area contributed by atoms with E-state index in [1.165, 1.54) is 5.56 Å². The summed E-state index contributed by atoms with van der Waals surface area (Å²) in [6.45, 7) is 4.23. The monoisotopic (exact) mass is 256 g/mol. The Bertz CT molecular complexity index is 596. The van der Waals surface area contributed by atoms with Gasteiger partial charge in [0.25, 0.3) is 0 Å². The van der Waals surface area contributed by atoms with Crippen molar-refractivity contribution < 1.29 is 9.47 Å². The molecule has 0 bridgehead atoms. The van der Waals surface area contributed by atoms with Gasteiger partial charge in [0.15, 0.2) is 0 Å². The molecule has 2 aromatic rings.